The third-order valence-corrected chi connectivity index (χ3v) is 3.25. The zero-order valence-electron chi connectivity index (χ0n) is 9.90. The molecule has 2 rings (SSSR count). The second kappa shape index (κ2) is 5.08. The van der Waals surface area contributed by atoms with Crippen molar-refractivity contribution >= 4 is 11.7 Å². The molecule has 1 aromatic rings. The van der Waals surface area contributed by atoms with E-state index in [4.69, 9.17) is 9.84 Å². The number of hydrogen-bond donors (Lipinski definition) is 2. The van der Waals surface area contributed by atoms with Gasteiger partial charge in [0.2, 0.25) is 0 Å². The lowest BCUT2D eigenvalue weighted by Crippen LogP contribution is -2.21. The molecule has 0 saturated heterocycles. The molecule has 1 aliphatic carbocycles. The number of nitrogens with one attached hydrogen (secondary N) is 1. The zero-order chi connectivity index (χ0) is 12.3. The maximum Gasteiger partial charge on any atom is 0.335 e. The number of carboxylic acid groups (broad SMARTS) is 1. The Balaban J connectivity index is 2.10. The molecule has 1 aromatic carbocycles. The summed E-state index contributed by atoms with van der Waals surface area (Å²) in [5.74, 6) is 0.488. The van der Waals surface area contributed by atoms with Crippen LogP contribution in [-0.2, 0) is 0 Å². The highest BCUT2D eigenvalue weighted by Crippen LogP contribution is 2.29. The van der Waals surface area contributed by atoms with E-state index in [9.17, 15) is 4.79 Å². The highest BCUT2D eigenvalue weighted by atomic mass is 16.5. The number of carboxylic acids is 1. The largest absolute Gasteiger partial charge is 0.495 e. The van der Waals surface area contributed by atoms with Gasteiger partial charge in [-0.2, -0.15) is 0 Å². The maximum atomic E-state index is 10.9. The lowest BCUT2D eigenvalue weighted by Gasteiger charge is -2.26. The zero-order valence-corrected chi connectivity index (χ0v) is 9.90. The predicted octanol–water partition coefficient (Wildman–Crippen LogP) is 2.61. The first kappa shape index (κ1) is 11.8. The van der Waals surface area contributed by atoms with E-state index in [0.717, 1.165) is 12.2 Å². The molecule has 0 heterocycles. The normalized spacial score (nSPS) is 15.1. The van der Waals surface area contributed by atoms with Gasteiger partial charge in [0, 0.05) is 6.54 Å². The van der Waals surface area contributed by atoms with Crippen molar-refractivity contribution in [2.24, 2.45) is 5.92 Å². The fourth-order valence-electron chi connectivity index (χ4n) is 1.93. The summed E-state index contributed by atoms with van der Waals surface area (Å²) in [5.41, 5.74) is 1.04. The van der Waals surface area contributed by atoms with E-state index in [-0.39, 0.29) is 5.56 Å². The molecule has 2 N–H and O–H groups in total. The van der Waals surface area contributed by atoms with Gasteiger partial charge in [-0.3, -0.25) is 0 Å². The average molecular weight is 235 g/mol. The Morgan fingerprint density at radius 3 is 2.82 bits per heavy atom. The Labute approximate surface area is 101 Å². The Morgan fingerprint density at radius 1 is 1.53 bits per heavy atom. The van der Waals surface area contributed by atoms with Gasteiger partial charge in [-0.1, -0.05) is 6.42 Å². The van der Waals surface area contributed by atoms with Crippen LogP contribution in [0.2, 0.25) is 0 Å². The number of ether oxygens (including phenoxy) is 1. The van der Waals surface area contributed by atoms with E-state index in [1.54, 1.807) is 25.3 Å². The molecule has 0 radical (unpaired) electrons. The number of rotatable bonds is 5. The molecular formula is C13H17NO3. The number of aromatic carboxylic acids is 1. The van der Waals surface area contributed by atoms with Crippen LogP contribution < -0.4 is 10.1 Å². The molecule has 0 bridgehead atoms. The van der Waals surface area contributed by atoms with Crippen LogP contribution in [0.4, 0.5) is 5.69 Å². The van der Waals surface area contributed by atoms with Crippen LogP contribution in [0.15, 0.2) is 18.2 Å². The third-order valence-electron chi connectivity index (χ3n) is 3.25. The van der Waals surface area contributed by atoms with E-state index in [1.165, 1.54) is 19.3 Å². The van der Waals surface area contributed by atoms with Gasteiger partial charge in [0.25, 0.3) is 0 Å². The topological polar surface area (TPSA) is 58.6 Å². The Hall–Kier alpha value is -1.71. The van der Waals surface area contributed by atoms with Crippen LogP contribution in [0.3, 0.4) is 0 Å². The lowest BCUT2D eigenvalue weighted by molar-refractivity contribution is 0.0697. The monoisotopic (exact) mass is 235 g/mol. The molecule has 0 amide bonds. The fourth-order valence-corrected chi connectivity index (χ4v) is 1.93. The van der Waals surface area contributed by atoms with E-state index < -0.39 is 5.97 Å². The number of anilines is 1. The van der Waals surface area contributed by atoms with Crippen molar-refractivity contribution in [1.82, 2.24) is 0 Å². The molecule has 0 aliphatic heterocycles. The summed E-state index contributed by atoms with van der Waals surface area (Å²) in [5, 5.41) is 12.2. The molecule has 0 spiro atoms. The second-order valence-electron chi connectivity index (χ2n) is 4.40. The van der Waals surface area contributed by atoms with E-state index >= 15 is 0 Å². The van der Waals surface area contributed by atoms with Crippen LogP contribution in [0.5, 0.6) is 5.75 Å². The lowest BCUT2D eigenvalue weighted by atomic mass is 9.85. The number of methoxy groups -OCH3 is 1. The smallest absolute Gasteiger partial charge is 0.335 e. The molecule has 0 aromatic heterocycles. The molecule has 17 heavy (non-hydrogen) atoms. The molecular weight excluding hydrogens is 218 g/mol. The summed E-state index contributed by atoms with van der Waals surface area (Å²) in [4.78, 5) is 10.9. The average Bonchev–Trinajstić information content (AvgIpc) is 2.26. The van der Waals surface area contributed by atoms with E-state index in [0.29, 0.717) is 11.7 Å². The summed E-state index contributed by atoms with van der Waals surface area (Å²) in [7, 11) is 1.59. The summed E-state index contributed by atoms with van der Waals surface area (Å²) in [6.45, 7) is 0.888. The van der Waals surface area contributed by atoms with Gasteiger partial charge < -0.3 is 15.2 Å². The molecule has 1 fully saturated rings. The van der Waals surface area contributed by atoms with Gasteiger partial charge in [-0.15, -0.1) is 0 Å². The first-order valence-corrected chi connectivity index (χ1v) is 5.86. The highest BCUT2D eigenvalue weighted by Gasteiger charge is 2.17. The van der Waals surface area contributed by atoms with Crippen LogP contribution in [0.1, 0.15) is 29.6 Å². The molecule has 0 unspecified atom stereocenters. The minimum absolute atomic E-state index is 0.280. The molecule has 4 nitrogen and oxygen atoms in total. The third kappa shape index (κ3) is 2.70. The number of carbonyl (C=O) groups is 1. The summed E-state index contributed by atoms with van der Waals surface area (Å²) in [6, 6.07) is 4.86. The summed E-state index contributed by atoms with van der Waals surface area (Å²) in [6.07, 6.45) is 3.82. The fraction of sp³-hybridized carbons (Fsp3) is 0.462. The minimum Gasteiger partial charge on any atom is -0.495 e. The van der Waals surface area contributed by atoms with Crippen LogP contribution in [-0.4, -0.2) is 24.7 Å². The SMILES string of the molecule is COc1ccc(C(=O)O)cc1NCC1CCC1. The molecule has 4 heteroatoms. The van der Waals surface area contributed by atoms with Gasteiger partial charge in [0.1, 0.15) is 5.75 Å². The molecule has 1 saturated carbocycles. The second-order valence-corrected chi connectivity index (χ2v) is 4.40. The van der Waals surface area contributed by atoms with Crippen molar-refractivity contribution in [2.75, 3.05) is 19.0 Å². The molecule has 1 aliphatic rings. The Bertz CT molecular complexity index is 413. The highest BCUT2D eigenvalue weighted by molar-refractivity contribution is 5.89. The Morgan fingerprint density at radius 2 is 2.29 bits per heavy atom. The maximum absolute atomic E-state index is 10.9. The van der Waals surface area contributed by atoms with Crippen molar-refractivity contribution in [3.63, 3.8) is 0 Å². The quantitative estimate of drug-likeness (QED) is 0.823. The van der Waals surface area contributed by atoms with E-state index in [2.05, 4.69) is 5.32 Å². The van der Waals surface area contributed by atoms with Crippen LogP contribution >= 0.6 is 0 Å². The minimum atomic E-state index is -0.917. The first-order valence-electron chi connectivity index (χ1n) is 5.86. The van der Waals surface area contributed by atoms with E-state index in [1.807, 2.05) is 0 Å². The number of hydrogen-bond acceptors (Lipinski definition) is 3. The van der Waals surface area contributed by atoms with Crippen LogP contribution in [0.25, 0.3) is 0 Å². The van der Waals surface area contributed by atoms with Crippen molar-refractivity contribution in [2.45, 2.75) is 19.3 Å². The molecule has 0 atom stereocenters. The van der Waals surface area contributed by atoms with Gasteiger partial charge in [-0.05, 0) is 37.0 Å². The van der Waals surface area contributed by atoms with Gasteiger partial charge in [0.15, 0.2) is 0 Å². The standard InChI is InChI=1S/C13H17NO3/c1-17-12-6-5-10(13(15)16)7-11(12)14-8-9-3-2-4-9/h5-7,9,14H,2-4,8H2,1H3,(H,15,16). The van der Waals surface area contributed by atoms with Crippen LogP contribution in [0, 0.1) is 5.92 Å². The van der Waals surface area contributed by atoms with Crippen molar-refractivity contribution in [1.29, 1.82) is 0 Å². The molecule has 92 valence electrons. The first-order chi connectivity index (χ1) is 8.20. The van der Waals surface area contributed by atoms with Crippen molar-refractivity contribution in [3.05, 3.63) is 23.8 Å². The van der Waals surface area contributed by atoms with Gasteiger partial charge in [-0.25, -0.2) is 4.79 Å². The number of benzene rings is 1. The van der Waals surface area contributed by atoms with Crippen molar-refractivity contribution in [3.8, 4) is 5.75 Å². The van der Waals surface area contributed by atoms with Crippen molar-refractivity contribution < 1.29 is 14.6 Å². The summed E-state index contributed by atoms with van der Waals surface area (Å²) >= 11 is 0. The van der Waals surface area contributed by atoms with Gasteiger partial charge >= 0.3 is 5.97 Å². The summed E-state index contributed by atoms with van der Waals surface area (Å²) < 4.78 is 5.21. The van der Waals surface area contributed by atoms with Gasteiger partial charge in [0.05, 0.1) is 18.4 Å². The Kier molecular flexibility index (Phi) is 3.52. The predicted molar refractivity (Wildman–Crippen MR) is 65.8 cm³/mol.